The molecule has 0 aliphatic carbocycles. The number of rotatable bonds is 37. The number of carbonyl (C=O) groups is 2. The monoisotopic (exact) mass is 939 g/mol. The summed E-state index contributed by atoms with van der Waals surface area (Å²) < 4.78 is 33.5. The van der Waals surface area contributed by atoms with E-state index in [1.165, 1.54) is 51.4 Å². The van der Waals surface area contributed by atoms with Crippen molar-refractivity contribution in [3.8, 4) is 0 Å². The summed E-state index contributed by atoms with van der Waals surface area (Å²) >= 11 is 0. The normalized spacial score (nSPS) is 26.7. The lowest BCUT2D eigenvalue weighted by molar-refractivity contribution is -0.332. The highest BCUT2D eigenvalue weighted by Crippen LogP contribution is 2.26. The van der Waals surface area contributed by atoms with Gasteiger partial charge in [-0.2, -0.15) is 0 Å². The zero-order valence-electron chi connectivity index (χ0n) is 39.9. The van der Waals surface area contributed by atoms with Gasteiger partial charge in [0.15, 0.2) is 18.7 Å². The molecule has 4 unspecified atom stereocenters. The second kappa shape index (κ2) is 38.1. The Labute approximate surface area is 394 Å². The van der Waals surface area contributed by atoms with Gasteiger partial charge in [-0.25, -0.2) is 0 Å². The quantitative estimate of drug-likeness (QED) is 0.0153. The fourth-order valence-corrected chi connectivity index (χ4v) is 7.44. The summed E-state index contributed by atoms with van der Waals surface area (Å²) in [6, 6.07) is 0. The number of aliphatic hydroxyl groups is 7. The fourth-order valence-electron chi connectivity index (χ4n) is 7.44. The van der Waals surface area contributed by atoms with Crippen LogP contribution >= 0.6 is 0 Å². The average molecular weight is 939 g/mol. The SMILES string of the molecule is CC/C=C/C=C/C=C/C=C/CCCCCCCC(=O)O[C@H](COC(=O)CCCCCCCCCCC/C=C/CCCC)CO[C@@H]1O[C@H](CO[C@@H]2O[C@H](CO)[C@H](O)C(O)C2O)[C@H](O)C(O)C1O. The van der Waals surface area contributed by atoms with Crippen LogP contribution in [-0.4, -0.2) is 142 Å². The minimum atomic E-state index is -1.77. The van der Waals surface area contributed by atoms with Crippen LogP contribution in [-0.2, 0) is 38.0 Å². The van der Waals surface area contributed by atoms with E-state index >= 15 is 0 Å². The molecule has 2 saturated heterocycles. The Kier molecular flexibility index (Phi) is 34.2. The van der Waals surface area contributed by atoms with Gasteiger partial charge in [-0.1, -0.05) is 152 Å². The molecular formula is C51H86O15. The van der Waals surface area contributed by atoms with Gasteiger partial charge in [-0.3, -0.25) is 9.59 Å². The predicted molar refractivity (Wildman–Crippen MR) is 252 cm³/mol. The number of carbonyl (C=O) groups excluding carboxylic acids is 2. The lowest BCUT2D eigenvalue weighted by Crippen LogP contribution is -2.61. The second-order valence-corrected chi connectivity index (χ2v) is 17.3. The first-order valence-electron chi connectivity index (χ1n) is 24.9. The highest BCUT2D eigenvalue weighted by atomic mass is 16.7. The molecule has 2 aliphatic heterocycles. The average Bonchev–Trinajstić information content (AvgIpc) is 3.31. The lowest BCUT2D eigenvalue weighted by Gasteiger charge is -2.42. The first-order chi connectivity index (χ1) is 32.0. The molecule has 66 heavy (non-hydrogen) atoms. The Hall–Kier alpha value is -2.80. The summed E-state index contributed by atoms with van der Waals surface area (Å²) in [4.78, 5) is 25.7. The molecule has 0 aromatic rings. The largest absolute Gasteiger partial charge is 0.462 e. The van der Waals surface area contributed by atoms with Crippen molar-refractivity contribution in [1.82, 2.24) is 0 Å². The van der Waals surface area contributed by atoms with E-state index in [2.05, 4.69) is 38.2 Å². The summed E-state index contributed by atoms with van der Waals surface area (Å²) in [5, 5.41) is 72.0. The Bertz CT molecular complexity index is 1380. The molecule has 0 bridgehead atoms. The molecule has 2 rings (SSSR count). The third-order valence-corrected chi connectivity index (χ3v) is 11.6. The van der Waals surface area contributed by atoms with Gasteiger partial charge in [-0.15, -0.1) is 0 Å². The molecule has 0 radical (unpaired) electrons. The minimum absolute atomic E-state index is 0.136. The lowest BCUT2D eigenvalue weighted by atomic mass is 9.98. The van der Waals surface area contributed by atoms with E-state index in [1.807, 2.05) is 36.5 Å². The van der Waals surface area contributed by atoms with Crippen LogP contribution in [0.3, 0.4) is 0 Å². The summed E-state index contributed by atoms with van der Waals surface area (Å²) in [7, 11) is 0. The number of hydrogen-bond acceptors (Lipinski definition) is 15. The van der Waals surface area contributed by atoms with Gasteiger partial charge in [0.25, 0.3) is 0 Å². The van der Waals surface area contributed by atoms with Crippen molar-refractivity contribution in [3.05, 3.63) is 60.8 Å². The van der Waals surface area contributed by atoms with E-state index in [4.69, 9.17) is 28.4 Å². The summed E-state index contributed by atoms with van der Waals surface area (Å²) in [5.74, 6) is -0.959. The van der Waals surface area contributed by atoms with Crippen molar-refractivity contribution in [2.75, 3.05) is 26.4 Å². The molecule has 0 amide bonds. The Morgan fingerprint density at radius 3 is 1.55 bits per heavy atom. The molecule has 2 aliphatic rings. The van der Waals surface area contributed by atoms with E-state index in [-0.39, 0.29) is 19.4 Å². The number of allylic oxidation sites excluding steroid dienone is 10. The molecule has 2 fully saturated rings. The zero-order valence-corrected chi connectivity index (χ0v) is 39.9. The first-order valence-corrected chi connectivity index (χ1v) is 24.9. The second-order valence-electron chi connectivity index (χ2n) is 17.3. The number of unbranched alkanes of at least 4 members (excludes halogenated alkanes) is 16. The van der Waals surface area contributed by atoms with E-state index in [1.54, 1.807) is 0 Å². The third-order valence-electron chi connectivity index (χ3n) is 11.6. The Morgan fingerprint density at radius 2 is 0.970 bits per heavy atom. The molecule has 0 aromatic heterocycles. The maximum Gasteiger partial charge on any atom is 0.306 e. The van der Waals surface area contributed by atoms with Crippen LogP contribution in [0.4, 0.5) is 0 Å². The van der Waals surface area contributed by atoms with Crippen LogP contribution in [0.25, 0.3) is 0 Å². The molecule has 7 N–H and O–H groups in total. The molecule has 0 aromatic carbocycles. The van der Waals surface area contributed by atoms with E-state index in [0.29, 0.717) is 12.8 Å². The zero-order chi connectivity index (χ0) is 48.2. The summed E-state index contributed by atoms with van der Waals surface area (Å²) in [5.41, 5.74) is 0. The van der Waals surface area contributed by atoms with Gasteiger partial charge < -0.3 is 64.2 Å². The number of hydrogen-bond donors (Lipinski definition) is 7. The number of ether oxygens (including phenoxy) is 6. The van der Waals surface area contributed by atoms with Gasteiger partial charge in [0.1, 0.15) is 55.4 Å². The van der Waals surface area contributed by atoms with Crippen LogP contribution in [0.1, 0.15) is 155 Å². The predicted octanol–water partition coefficient (Wildman–Crippen LogP) is 6.49. The molecule has 380 valence electrons. The molecule has 2 heterocycles. The van der Waals surface area contributed by atoms with Crippen molar-refractivity contribution in [2.24, 2.45) is 0 Å². The van der Waals surface area contributed by atoms with Gasteiger partial charge >= 0.3 is 11.9 Å². The number of aliphatic hydroxyl groups excluding tert-OH is 7. The Morgan fingerprint density at radius 1 is 0.500 bits per heavy atom. The summed E-state index contributed by atoms with van der Waals surface area (Å²) in [6.07, 6.45) is 25.3. The Balaban J connectivity index is 1.83. The van der Waals surface area contributed by atoms with Gasteiger partial charge in [0.05, 0.1) is 19.8 Å². The summed E-state index contributed by atoms with van der Waals surface area (Å²) in [6.45, 7) is 2.38. The van der Waals surface area contributed by atoms with Gasteiger partial charge in [0.2, 0.25) is 0 Å². The fraction of sp³-hybridized carbons (Fsp3) is 0.765. The van der Waals surface area contributed by atoms with E-state index < -0.39 is 99.3 Å². The molecule has 15 heteroatoms. The van der Waals surface area contributed by atoms with Crippen LogP contribution < -0.4 is 0 Å². The van der Waals surface area contributed by atoms with Crippen molar-refractivity contribution < 1.29 is 73.8 Å². The first kappa shape index (κ1) is 59.3. The van der Waals surface area contributed by atoms with E-state index in [9.17, 15) is 45.3 Å². The van der Waals surface area contributed by atoms with E-state index in [0.717, 1.165) is 64.2 Å². The van der Waals surface area contributed by atoms with Crippen molar-refractivity contribution >= 4 is 11.9 Å². The molecule has 15 nitrogen and oxygen atoms in total. The van der Waals surface area contributed by atoms with Crippen molar-refractivity contribution in [1.29, 1.82) is 0 Å². The molecule has 0 spiro atoms. The van der Waals surface area contributed by atoms with Crippen LogP contribution in [0.2, 0.25) is 0 Å². The molecular weight excluding hydrogens is 853 g/mol. The standard InChI is InChI=1S/C51H86O15/c1-3-5-7-9-11-13-15-17-19-21-23-25-27-29-31-33-42(53)61-36-39(64-43(54)34-32-30-28-26-24-22-20-18-16-14-12-10-8-6-4-2)37-62-50-49(60)47(58)45(56)41(66-50)38-63-51-48(59)46(57)44(55)40(35-52)65-51/h6,8-12,14,16,18,20,39-41,44-52,55-60H,3-5,7,13,15,17,19,21-38H2,1-2H3/b8-6+,11-9+,12-10+,16-14+,20-18+/t39-,40-,41-,44+,45+,46?,47?,48?,49?,50-,51-/m1/s1. The van der Waals surface area contributed by atoms with Crippen molar-refractivity contribution in [2.45, 2.75) is 223 Å². The van der Waals surface area contributed by atoms with Crippen LogP contribution in [0.15, 0.2) is 60.8 Å². The maximum absolute atomic E-state index is 13.0. The topological polar surface area (TPSA) is 231 Å². The maximum atomic E-state index is 13.0. The highest BCUT2D eigenvalue weighted by Gasteiger charge is 2.47. The smallest absolute Gasteiger partial charge is 0.306 e. The van der Waals surface area contributed by atoms with Crippen LogP contribution in [0, 0.1) is 0 Å². The van der Waals surface area contributed by atoms with Crippen molar-refractivity contribution in [3.63, 3.8) is 0 Å². The minimum Gasteiger partial charge on any atom is -0.462 e. The molecule has 11 atom stereocenters. The van der Waals surface area contributed by atoms with Crippen LogP contribution in [0.5, 0.6) is 0 Å². The highest BCUT2D eigenvalue weighted by molar-refractivity contribution is 5.70. The molecule has 0 saturated carbocycles. The third kappa shape index (κ3) is 26.1. The van der Waals surface area contributed by atoms with Gasteiger partial charge in [0, 0.05) is 12.8 Å². The van der Waals surface area contributed by atoms with Gasteiger partial charge in [-0.05, 0) is 51.4 Å². The number of esters is 2.